The van der Waals surface area contributed by atoms with Crippen LogP contribution < -0.4 is 15.8 Å². The summed E-state index contributed by atoms with van der Waals surface area (Å²) in [5, 5.41) is 2.79. The van der Waals surface area contributed by atoms with E-state index >= 15 is 0 Å². The van der Waals surface area contributed by atoms with Crippen molar-refractivity contribution in [3.8, 4) is 5.75 Å². The van der Waals surface area contributed by atoms with Crippen molar-refractivity contribution in [2.24, 2.45) is 0 Å². The summed E-state index contributed by atoms with van der Waals surface area (Å²) in [6.07, 6.45) is -0.575. The zero-order chi connectivity index (χ0) is 14.5. The van der Waals surface area contributed by atoms with Crippen LogP contribution in [-0.4, -0.2) is 12.0 Å². The quantitative estimate of drug-likeness (QED) is 0.839. The van der Waals surface area contributed by atoms with Crippen LogP contribution in [0.4, 0.5) is 11.4 Å². The summed E-state index contributed by atoms with van der Waals surface area (Å²) in [5.74, 6) is 0.519. The number of benzene rings is 2. The molecule has 0 aliphatic heterocycles. The number of carbonyl (C=O) groups is 1. The van der Waals surface area contributed by atoms with Crippen LogP contribution in [0.5, 0.6) is 5.75 Å². The number of para-hydroxylation sites is 1. The molecule has 1 unspecified atom stereocenters. The van der Waals surface area contributed by atoms with Gasteiger partial charge < -0.3 is 15.8 Å². The number of aryl methyl sites for hydroxylation is 1. The predicted molar refractivity (Wildman–Crippen MR) is 80.8 cm³/mol. The highest BCUT2D eigenvalue weighted by Crippen LogP contribution is 2.18. The molecule has 1 atom stereocenters. The second-order valence-electron chi connectivity index (χ2n) is 4.64. The molecule has 0 radical (unpaired) electrons. The third-order valence-electron chi connectivity index (χ3n) is 2.94. The molecular formula is C16H18N2O2. The minimum Gasteiger partial charge on any atom is -0.481 e. The van der Waals surface area contributed by atoms with Crippen LogP contribution in [0.3, 0.4) is 0 Å². The van der Waals surface area contributed by atoms with Crippen molar-refractivity contribution in [3.63, 3.8) is 0 Å². The zero-order valence-corrected chi connectivity index (χ0v) is 11.6. The number of hydrogen-bond donors (Lipinski definition) is 2. The molecule has 104 valence electrons. The highest BCUT2D eigenvalue weighted by atomic mass is 16.5. The molecular weight excluding hydrogens is 252 g/mol. The van der Waals surface area contributed by atoms with E-state index in [0.717, 1.165) is 5.56 Å². The van der Waals surface area contributed by atoms with E-state index in [9.17, 15) is 4.79 Å². The number of ether oxygens (including phenoxy) is 1. The maximum absolute atomic E-state index is 12.0. The Hall–Kier alpha value is -2.49. The third kappa shape index (κ3) is 3.51. The van der Waals surface area contributed by atoms with E-state index in [2.05, 4.69) is 5.32 Å². The Labute approximate surface area is 118 Å². The summed E-state index contributed by atoms with van der Waals surface area (Å²) in [4.78, 5) is 12.0. The Balaban J connectivity index is 1.99. The molecule has 0 spiro atoms. The Morgan fingerprint density at radius 3 is 2.45 bits per heavy atom. The van der Waals surface area contributed by atoms with Crippen molar-refractivity contribution < 1.29 is 9.53 Å². The minimum absolute atomic E-state index is 0.196. The summed E-state index contributed by atoms with van der Waals surface area (Å²) in [7, 11) is 0. The number of amides is 1. The van der Waals surface area contributed by atoms with E-state index in [4.69, 9.17) is 10.5 Å². The molecule has 0 aliphatic rings. The molecule has 2 aromatic rings. The first-order valence-electron chi connectivity index (χ1n) is 6.45. The molecule has 0 bridgehead atoms. The van der Waals surface area contributed by atoms with Gasteiger partial charge in [-0.25, -0.2) is 0 Å². The summed E-state index contributed by atoms with van der Waals surface area (Å²) in [5.41, 5.74) is 7.96. The Morgan fingerprint density at radius 2 is 1.80 bits per heavy atom. The van der Waals surface area contributed by atoms with Crippen LogP contribution in [0.25, 0.3) is 0 Å². The van der Waals surface area contributed by atoms with E-state index in [0.29, 0.717) is 17.1 Å². The highest BCUT2D eigenvalue weighted by Gasteiger charge is 2.15. The number of hydrogen-bond acceptors (Lipinski definition) is 3. The highest BCUT2D eigenvalue weighted by molar-refractivity contribution is 5.94. The molecule has 4 nitrogen and oxygen atoms in total. The average Bonchev–Trinajstić information content (AvgIpc) is 2.44. The fourth-order valence-corrected chi connectivity index (χ4v) is 1.74. The zero-order valence-electron chi connectivity index (χ0n) is 11.6. The lowest BCUT2D eigenvalue weighted by atomic mass is 10.2. The van der Waals surface area contributed by atoms with Gasteiger partial charge in [-0.1, -0.05) is 18.2 Å². The van der Waals surface area contributed by atoms with Gasteiger partial charge >= 0.3 is 0 Å². The van der Waals surface area contributed by atoms with Crippen LogP contribution in [-0.2, 0) is 4.79 Å². The lowest BCUT2D eigenvalue weighted by Gasteiger charge is -2.16. The fourth-order valence-electron chi connectivity index (χ4n) is 1.74. The number of nitrogens with one attached hydrogen (secondary N) is 1. The standard InChI is InChI=1S/C16H18N2O2/c1-11-5-3-4-6-15(11)20-12(2)16(19)18-14-9-7-13(17)8-10-14/h3-10,12H,17H2,1-2H3,(H,18,19). The SMILES string of the molecule is Cc1ccccc1OC(C)C(=O)Nc1ccc(N)cc1. The van der Waals surface area contributed by atoms with Crippen LogP contribution in [0.1, 0.15) is 12.5 Å². The number of nitrogens with two attached hydrogens (primary N) is 1. The molecule has 0 heterocycles. The van der Waals surface area contributed by atoms with Crippen LogP contribution in [0, 0.1) is 6.92 Å². The first-order chi connectivity index (χ1) is 9.56. The fraction of sp³-hybridized carbons (Fsp3) is 0.188. The largest absolute Gasteiger partial charge is 0.481 e. The van der Waals surface area contributed by atoms with Crippen molar-refractivity contribution >= 4 is 17.3 Å². The van der Waals surface area contributed by atoms with E-state index in [1.807, 2.05) is 31.2 Å². The monoisotopic (exact) mass is 270 g/mol. The van der Waals surface area contributed by atoms with Gasteiger partial charge in [0.15, 0.2) is 6.10 Å². The van der Waals surface area contributed by atoms with Crippen molar-refractivity contribution in [1.82, 2.24) is 0 Å². The second-order valence-corrected chi connectivity index (χ2v) is 4.64. The van der Waals surface area contributed by atoms with Gasteiger partial charge in [-0.3, -0.25) is 4.79 Å². The van der Waals surface area contributed by atoms with Crippen LogP contribution in [0.2, 0.25) is 0 Å². The minimum atomic E-state index is -0.575. The lowest BCUT2D eigenvalue weighted by Crippen LogP contribution is -2.30. The van der Waals surface area contributed by atoms with Gasteiger partial charge in [-0.15, -0.1) is 0 Å². The van der Waals surface area contributed by atoms with E-state index < -0.39 is 6.10 Å². The molecule has 1 amide bonds. The molecule has 20 heavy (non-hydrogen) atoms. The van der Waals surface area contributed by atoms with Gasteiger partial charge in [0.2, 0.25) is 0 Å². The second kappa shape index (κ2) is 6.10. The molecule has 2 rings (SSSR count). The summed E-state index contributed by atoms with van der Waals surface area (Å²) < 4.78 is 5.67. The molecule has 0 fully saturated rings. The normalized spacial score (nSPS) is 11.7. The molecule has 0 aromatic heterocycles. The van der Waals surface area contributed by atoms with Gasteiger partial charge in [-0.05, 0) is 49.7 Å². The topological polar surface area (TPSA) is 64.3 Å². The van der Waals surface area contributed by atoms with Crippen molar-refractivity contribution in [2.75, 3.05) is 11.1 Å². The maximum atomic E-state index is 12.0. The van der Waals surface area contributed by atoms with Crippen molar-refractivity contribution in [1.29, 1.82) is 0 Å². The molecule has 0 aliphatic carbocycles. The molecule has 0 saturated heterocycles. The van der Waals surface area contributed by atoms with Crippen molar-refractivity contribution in [3.05, 3.63) is 54.1 Å². The first kappa shape index (κ1) is 13.9. The Morgan fingerprint density at radius 1 is 1.15 bits per heavy atom. The average molecular weight is 270 g/mol. The van der Waals surface area contributed by atoms with Gasteiger partial charge in [0, 0.05) is 11.4 Å². The van der Waals surface area contributed by atoms with Crippen molar-refractivity contribution in [2.45, 2.75) is 20.0 Å². The summed E-state index contributed by atoms with van der Waals surface area (Å²) >= 11 is 0. The van der Waals surface area contributed by atoms with Crippen LogP contribution in [0.15, 0.2) is 48.5 Å². The van der Waals surface area contributed by atoms with E-state index in [1.165, 1.54) is 0 Å². The number of anilines is 2. The molecule has 3 N–H and O–H groups in total. The third-order valence-corrected chi connectivity index (χ3v) is 2.94. The molecule has 2 aromatic carbocycles. The lowest BCUT2D eigenvalue weighted by molar-refractivity contribution is -0.122. The van der Waals surface area contributed by atoms with Crippen LogP contribution >= 0.6 is 0 Å². The van der Waals surface area contributed by atoms with E-state index in [1.54, 1.807) is 31.2 Å². The van der Waals surface area contributed by atoms with Gasteiger partial charge in [0.05, 0.1) is 0 Å². The Bertz CT molecular complexity index is 594. The number of rotatable bonds is 4. The smallest absolute Gasteiger partial charge is 0.265 e. The number of carbonyl (C=O) groups excluding carboxylic acids is 1. The van der Waals surface area contributed by atoms with E-state index in [-0.39, 0.29) is 5.91 Å². The molecule has 4 heteroatoms. The van der Waals surface area contributed by atoms with Gasteiger partial charge in [0.25, 0.3) is 5.91 Å². The Kier molecular flexibility index (Phi) is 4.25. The maximum Gasteiger partial charge on any atom is 0.265 e. The first-order valence-corrected chi connectivity index (χ1v) is 6.45. The molecule has 0 saturated carbocycles. The summed E-state index contributed by atoms with van der Waals surface area (Å²) in [6, 6.07) is 14.6. The summed E-state index contributed by atoms with van der Waals surface area (Å²) in [6.45, 7) is 3.67. The van der Waals surface area contributed by atoms with Gasteiger partial charge in [-0.2, -0.15) is 0 Å². The van der Waals surface area contributed by atoms with Gasteiger partial charge in [0.1, 0.15) is 5.75 Å². The predicted octanol–water partition coefficient (Wildman–Crippen LogP) is 2.98. The number of nitrogen functional groups attached to an aromatic ring is 1.